The molecule has 0 aromatic heterocycles. The fraction of sp³-hybridized carbons (Fsp3) is 0.333. The van der Waals surface area contributed by atoms with E-state index in [2.05, 4.69) is 0 Å². The van der Waals surface area contributed by atoms with Crippen molar-refractivity contribution in [2.45, 2.75) is 37.1 Å². The van der Waals surface area contributed by atoms with Gasteiger partial charge in [-0.3, -0.25) is 0 Å². The van der Waals surface area contributed by atoms with Crippen molar-refractivity contribution < 1.29 is 45.6 Å². The van der Waals surface area contributed by atoms with Crippen LogP contribution >= 0.6 is 0 Å². The van der Waals surface area contributed by atoms with Crippen LogP contribution in [0.5, 0.6) is 17.2 Å². The molecule has 1 fully saturated rings. The minimum Gasteiger partial charge on any atom is -0.507 e. The highest BCUT2D eigenvalue weighted by Gasteiger charge is 2.45. The van der Waals surface area contributed by atoms with Crippen molar-refractivity contribution in [3.05, 3.63) is 41.5 Å². The number of benzene rings is 3. The normalized spacial score (nSPS) is 27.0. The molecule has 1 heterocycles. The van der Waals surface area contributed by atoms with Gasteiger partial charge in [0.1, 0.15) is 47.8 Å². The average molecular weight is 418 g/mol. The van der Waals surface area contributed by atoms with Crippen LogP contribution in [0.1, 0.15) is 17.2 Å². The molecule has 3 aromatic carbocycles. The second-order valence-electron chi connectivity index (χ2n) is 7.41. The lowest BCUT2D eigenvalue weighted by Crippen LogP contribution is -2.55. The number of aliphatic hydroxyl groups excluding tert-OH is 5. The molecule has 0 aliphatic carbocycles. The first kappa shape index (κ1) is 20.6. The molecule has 4 rings (SSSR count). The number of aromatic hydroxyl groups is 3. The highest BCUT2D eigenvalue weighted by atomic mass is 16.5. The lowest BCUT2D eigenvalue weighted by molar-refractivity contribution is -0.231. The first-order chi connectivity index (χ1) is 14.3. The van der Waals surface area contributed by atoms with Crippen LogP contribution in [0.4, 0.5) is 0 Å². The minimum absolute atomic E-state index is 0.0102. The Kier molecular flexibility index (Phi) is 5.18. The third-order valence-corrected chi connectivity index (χ3v) is 5.63. The Morgan fingerprint density at radius 2 is 1.50 bits per heavy atom. The zero-order valence-corrected chi connectivity index (χ0v) is 15.7. The highest BCUT2D eigenvalue weighted by molar-refractivity contribution is 6.12. The molecule has 1 saturated heterocycles. The standard InChI is InChI=1S/C21H22O9/c22-6-8-4-10-14(21-20(29)19(28)17(26)13(7-23)30-21)9-2-1-3-11(24)15(9)18(27)16(10)12(25)5-8/h1-5,13,17,19-29H,6-7H2/t13?,17-,19+,20?,21+/m1/s1. The molecule has 0 spiro atoms. The number of fused-ring (bicyclic) bond motifs is 2. The summed E-state index contributed by atoms with van der Waals surface area (Å²) in [7, 11) is 0. The van der Waals surface area contributed by atoms with E-state index in [1.165, 1.54) is 24.3 Å². The van der Waals surface area contributed by atoms with E-state index in [0.717, 1.165) is 0 Å². The van der Waals surface area contributed by atoms with E-state index in [9.17, 15) is 40.9 Å². The molecule has 0 saturated carbocycles. The van der Waals surface area contributed by atoms with E-state index in [-0.39, 0.29) is 38.6 Å². The van der Waals surface area contributed by atoms with Gasteiger partial charge < -0.3 is 45.6 Å². The summed E-state index contributed by atoms with van der Waals surface area (Å²) >= 11 is 0. The summed E-state index contributed by atoms with van der Waals surface area (Å²) in [5.74, 6) is -1.07. The number of hydrogen-bond donors (Lipinski definition) is 8. The van der Waals surface area contributed by atoms with Gasteiger partial charge in [-0.1, -0.05) is 12.1 Å². The van der Waals surface area contributed by atoms with Crippen LogP contribution in [0.2, 0.25) is 0 Å². The molecule has 9 nitrogen and oxygen atoms in total. The molecule has 0 radical (unpaired) electrons. The van der Waals surface area contributed by atoms with Gasteiger partial charge in [0.05, 0.1) is 24.0 Å². The molecule has 9 heteroatoms. The first-order valence-corrected chi connectivity index (χ1v) is 9.33. The summed E-state index contributed by atoms with van der Waals surface area (Å²) in [5.41, 5.74) is 0.515. The Bertz CT molecular complexity index is 1110. The Balaban J connectivity index is 2.12. The van der Waals surface area contributed by atoms with Crippen molar-refractivity contribution >= 4 is 21.5 Å². The van der Waals surface area contributed by atoms with E-state index in [1.54, 1.807) is 6.07 Å². The molecule has 0 amide bonds. The fourth-order valence-corrected chi connectivity index (χ4v) is 4.17. The van der Waals surface area contributed by atoms with Gasteiger partial charge in [0.15, 0.2) is 0 Å². The van der Waals surface area contributed by atoms with Gasteiger partial charge in [0.25, 0.3) is 0 Å². The minimum atomic E-state index is -1.65. The number of ether oxygens (including phenoxy) is 1. The molecule has 5 atom stereocenters. The number of phenols is 3. The lowest BCUT2D eigenvalue weighted by atomic mass is 9.85. The van der Waals surface area contributed by atoms with E-state index < -0.39 is 49.5 Å². The van der Waals surface area contributed by atoms with E-state index in [0.29, 0.717) is 5.56 Å². The molecule has 2 unspecified atom stereocenters. The predicted molar refractivity (Wildman–Crippen MR) is 105 cm³/mol. The van der Waals surface area contributed by atoms with Gasteiger partial charge in [-0.2, -0.15) is 0 Å². The molecule has 160 valence electrons. The number of aliphatic hydroxyl groups is 5. The average Bonchev–Trinajstić information content (AvgIpc) is 2.73. The Morgan fingerprint density at radius 1 is 0.800 bits per heavy atom. The molecule has 1 aliphatic rings. The first-order valence-electron chi connectivity index (χ1n) is 9.33. The van der Waals surface area contributed by atoms with Crippen LogP contribution in [-0.2, 0) is 11.3 Å². The molecule has 30 heavy (non-hydrogen) atoms. The highest BCUT2D eigenvalue weighted by Crippen LogP contribution is 2.49. The maximum atomic E-state index is 10.8. The van der Waals surface area contributed by atoms with Gasteiger partial charge in [-0.25, -0.2) is 0 Å². The van der Waals surface area contributed by atoms with Crippen molar-refractivity contribution in [1.29, 1.82) is 0 Å². The van der Waals surface area contributed by atoms with Crippen LogP contribution in [0.25, 0.3) is 21.5 Å². The van der Waals surface area contributed by atoms with Gasteiger partial charge in [-0.05, 0) is 40.1 Å². The van der Waals surface area contributed by atoms with Crippen LogP contribution in [0.3, 0.4) is 0 Å². The molecule has 1 aliphatic heterocycles. The summed E-state index contributed by atoms with van der Waals surface area (Å²) in [6, 6.07) is 7.13. The van der Waals surface area contributed by atoms with Crippen molar-refractivity contribution in [3.8, 4) is 17.2 Å². The van der Waals surface area contributed by atoms with Crippen molar-refractivity contribution in [2.24, 2.45) is 0 Å². The maximum absolute atomic E-state index is 10.8. The topological polar surface area (TPSA) is 171 Å². The van der Waals surface area contributed by atoms with Gasteiger partial charge in [-0.15, -0.1) is 0 Å². The summed E-state index contributed by atoms with van der Waals surface area (Å²) in [5, 5.41) is 82.2. The third-order valence-electron chi connectivity index (χ3n) is 5.63. The quantitative estimate of drug-likeness (QED) is 0.275. The summed E-state index contributed by atoms with van der Waals surface area (Å²) in [6.07, 6.45) is -7.31. The molecule has 3 aromatic rings. The van der Waals surface area contributed by atoms with E-state index in [4.69, 9.17) is 4.74 Å². The number of rotatable bonds is 3. The monoisotopic (exact) mass is 418 g/mol. The van der Waals surface area contributed by atoms with Crippen LogP contribution in [0.15, 0.2) is 30.3 Å². The van der Waals surface area contributed by atoms with Crippen molar-refractivity contribution in [3.63, 3.8) is 0 Å². The van der Waals surface area contributed by atoms with Crippen molar-refractivity contribution in [2.75, 3.05) is 6.61 Å². The zero-order valence-electron chi connectivity index (χ0n) is 15.7. The zero-order chi connectivity index (χ0) is 21.7. The number of phenolic OH excluding ortho intramolecular Hbond substituents is 3. The largest absolute Gasteiger partial charge is 0.507 e. The van der Waals surface area contributed by atoms with Crippen molar-refractivity contribution in [1.82, 2.24) is 0 Å². The Morgan fingerprint density at radius 3 is 2.17 bits per heavy atom. The van der Waals surface area contributed by atoms with Gasteiger partial charge in [0, 0.05) is 0 Å². The van der Waals surface area contributed by atoms with Gasteiger partial charge >= 0.3 is 0 Å². The maximum Gasteiger partial charge on any atom is 0.138 e. The smallest absolute Gasteiger partial charge is 0.138 e. The molecule has 8 N–H and O–H groups in total. The van der Waals surface area contributed by atoms with Gasteiger partial charge in [0.2, 0.25) is 0 Å². The van der Waals surface area contributed by atoms with E-state index >= 15 is 0 Å². The summed E-state index contributed by atoms with van der Waals surface area (Å²) < 4.78 is 5.71. The summed E-state index contributed by atoms with van der Waals surface area (Å²) in [6.45, 7) is -1.05. The molecule has 0 bridgehead atoms. The Labute approximate surface area is 170 Å². The molecular formula is C21H22O9. The third kappa shape index (κ3) is 2.95. The number of hydrogen-bond acceptors (Lipinski definition) is 9. The lowest BCUT2D eigenvalue weighted by Gasteiger charge is -2.41. The van der Waals surface area contributed by atoms with Crippen LogP contribution < -0.4 is 0 Å². The van der Waals surface area contributed by atoms with Crippen LogP contribution in [-0.4, -0.2) is 71.9 Å². The fourth-order valence-electron chi connectivity index (χ4n) is 4.17. The predicted octanol–water partition coefficient (Wildman–Crippen LogP) is 0.117. The summed E-state index contributed by atoms with van der Waals surface area (Å²) in [4.78, 5) is 0. The second-order valence-corrected chi connectivity index (χ2v) is 7.41. The van der Waals surface area contributed by atoms with Crippen LogP contribution in [0, 0.1) is 0 Å². The second kappa shape index (κ2) is 7.55. The molecular weight excluding hydrogens is 396 g/mol. The Hall–Kier alpha value is -2.66. The van der Waals surface area contributed by atoms with E-state index in [1.807, 2.05) is 0 Å². The SMILES string of the molecule is OCc1cc(O)c2c(O)c3c(O)cccc3c([C@@H]3OC(CO)[C@@H](O)[C@H](O)C3O)c2c1.